The van der Waals surface area contributed by atoms with Crippen LogP contribution in [0.2, 0.25) is 0 Å². The van der Waals surface area contributed by atoms with Crippen molar-refractivity contribution in [3.05, 3.63) is 32.6 Å². The van der Waals surface area contributed by atoms with Crippen LogP contribution in [0.1, 0.15) is 23.2 Å². The molecule has 0 amide bonds. The van der Waals surface area contributed by atoms with Crippen molar-refractivity contribution in [2.45, 2.75) is 18.2 Å². The molecule has 6 heteroatoms. The zero-order chi connectivity index (χ0) is 12.4. The Labute approximate surface area is 125 Å². The molecule has 0 aliphatic carbocycles. The van der Waals surface area contributed by atoms with Gasteiger partial charge < -0.3 is 0 Å². The van der Waals surface area contributed by atoms with Gasteiger partial charge in [0, 0.05) is 9.13 Å². The molecule has 1 atom stereocenters. The van der Waals surface area contributed by atoms with Crippen LogP contribution < -0.4 is 0 Å². The zero-order valence-corrected chi connectivity index (χ0v) is 13.5. The first-order valence-electron chi connectivity index (χ1n) is 5.04. The summed E-state index contributed by atoms with van der Waals surface area (Å²) in [7, 11) is 0. The third-order valence-electron chi connectivity index (χ3n) is 2.23. The van der Waals surface area contributed by atoms with E-state index in [1.165, 1.54) is 12.1 Å². The average molecular weight is 427 g/mol. The second kappa shape index (κ2) is 5.71. The van der Waals surface area contributed by atoms with E-state index in [0.29, 0.717) is 0 Å². The lowest BCUT2D eigenvalue weighted by Gasteiger charge is -2.00. The minimum Gasteiger partial charge on any atom is -0.207 e. The van der Waals surface area contributed by atoms with Gasteiger partial charge in [-0.2, -0.15) is 0 Å². The van der Waals surface area contributed by atoms with E-state index in [0.717, 1.165) is 25.6 Å². The third kappa shape index (κ3) is 3.03. The lowest BCUT2D eigenvalue weighted by atomic mass is 10.2. The maximum atomic E-state index is 13.0. The van der Waals surface area contributed by atoms with E-state index < -0.39 is 0 Å². The summed E-state index contributed by atoms with van der Waals surface area (Å²) in [6, 6.07) is 4.70. The molecule has 0 bridgehead atoms. The van der Waals surface area contributed by atoms with Gasteiger partial charge in [0.1, 0.15) is 15.8 Å². The van der Waals surface area contributed by atoms with Crippen LogP contribution in [0.15, 0.2) is 18.2 Å². The number of aromatic nitrogens is 2. The van der Waals surface area contributed by atoms with Crippen molar-refractivity contribution < 1.29 is 4.39 Å². The monoisotopic (exact) mass is 426 g/mol. The summed E-state index contributed by atoms with van der Waals surface area (Å²) in [6.07, 6.45) is 0.967. The molecule has 2 aromatic rings. The van der Waals surface area contributed by atoms with Gasteiger partial charge in [0.05, 0.1) is 4.83 Å². The Balaban J connectivity index is 2.37. The molecule has 2 nitrogen and oxygen atoms in total. The number of nitrogens with zero attached hydrogens (tertiary/aromatic N) is 2. The minimum absolute atomic E-state index is 0.227. The fraction of sp³-hybridized carbons (Fsp3) is 0.273. The first kappa shape index (κ1) is 13.4. The zero-order valence-electron chi connectivity index (χ0n) is 8.95. The van der Waals surface area contributed by atoms with Crippen LogP contribution in [0.3, 0.4) is 0 Å². The molecule has 0 saturated carbocycles. The molecular formula is C11H9BrFIN2S. The normalized spacial score (nSPS) is 12.7. The van der Waals surface area contributed by atoms with Crippen LogP contribution in [0.5, 0.6) is 0 Å². The predicted octanol–water partition coefficient (Wildman–Crippen LogP) is 4.79. The average Bonchev–Trinajstić information content (AvgIpc) is 2.77. The van der Waals surface area contributed by atoms with Gasteiger partial charge in [-0.15, -0.1) is 10.2 Å². The quantitative estimate of drug-likeness (QED) is 0.520. The van der Waals surface area contributed by atoms with Gasteiger partial charge in [0.25, 0.3) is 0 Å². The number of rotatable bonds is 3. The van der Waals surface area contributed by atoms with Crippen molar-refractivity contribution in [2.24, 2.45) is 0 Å². The smallest absolute Gasteiger partial charge is 0.148 e. The fourth-order valence-electron chi connectivity index (χ4n) is 1.31. The van der Waals surface area contributed by atoms with E-state index in [4.69, 9.17) is 0 Å². The number of halogens is 3. The topological polar surface area (TPSA) is 25.8 Å². The van der Waals surface area contributed by atoms with Gasteiger partial charge in [-0.25, -0.2) is 4.39 Å². The molecule has 0 aliphatic heterocycles. The van der Waals surface area contributed by atoms with Gasteiger partial charge in [-0.05, 0) is 47.2 Å². The largest absolute Gasteiger partial charge is 0.207 e. The summed E-state index contributed by atoms with van der Waals surface area (Å²) >= 11 is 7.20. The highest BCUT2D eigenvalue weighted by Gasteiger charge is 2.14. The Morgan fingerprint density at radius 3 is 2.88 bits per heavy atom. The van der Waals surface area contributed by atoms with E-state index in [2.05, 4.69) is 55.6 Å². The van der Waals surface area contributed by atoms with Gasteiger partial charge in [0.15, 0.2) is 0 Å². The lowest BCUT2D eigenvalue weighted by Crippen LogP contribution is -1.85. The Bertz CT molecular complexity index is 532. The molecule has 1 aromatic heterocycles. The molecule has 0 radical (unpaired) electrons. The SMILES string of the molecule is CCC(Br)c1nnc(-c2ccc(F)cc2I)s1. The summed E-state index contributed by atoms with van der Waals surface area (Å²) in [4.78, 5) is 0.242. The summed E-state index contributed by atoms with van der Waals surface area (Å²) in [5, 5.41) is 10.1. The van der Waals surface area contributed by atoms with E-state index >= 15 is 0 Å². The standard InChI is InChI=1S/C11H9BrFIN2S/c1-2-8(12)11-16-15-10(17-11)7-4-3-6(13)5-9(7)14/h3-5,8H,2H2,1H3. The van der Waals surface area contributed by atoms with Crippen LogP contribution in [0.4, 0.5) is 4.39 Å². The molecule has 0 fully saturated rings. The van der Waals surface area contributed by atoms with E-state index in [9.17, 15) is 4.39 Å². The molecular weight excluding hydrogens is 418 g/mol. The number of hydrogen-bond acceptors (Lipinski definition) is 3. The molecule has 0 saturated heterocycles. The van der Waals surface area contributed by atoms with Crippen LogP contribution >= 0.6 is 49.9 Å². The lowest BCUT2D eigenvalue weighted by molar-refractivity contribution is 0.627. The Kier molecular flexibility index (Phi) is 4.48. The molecule has 90 valence electrons. The number of benzene rings is 1. The third-order valence-corrected chi connectivity index (χ3v) is 5.58. The second-order valence-electron chi connectivity index (χ2n) is 3.45. The second-order valence-corrected chi connectivity index (χ2v) is 6.72. The maximum Gasteiger partial charge on any atom is 0.148 e. The van der Waals surface area contributed by atoms with Crippen molar-refractivity contribution in [1.82, 2.24) is 10.2 Å². The van der Waals surface area contributed by atoms with Gasteiger partial charge in [0.2, 0.25) is 0 Å². The summed E-state index contributed by atoms with van der Waals surface area (Å²) < 4.78 is 13.9. The van der Waals surface area contributed by atoms with E-state index in [1.807, 2.05) is 0 Å². The molecule has 17 heavy (non-hydrogen) atoms. The highest BCUT2D eigenvalue weighted by Crippen LogP contribution is 2.34. The predicted molar refractivity (Wildman–Crippen MR) is 80.0 cm³/mol. The van der Waals surface area contributed by atoms with Crippen molar-refractivity contribution >= 4 is 49.9 Å². The maximum absolute atomic E-state index is 13.0. The van der Waals surface area contributed by atoms with Crippen LogP contribution in [-0.2, 0) is 0 Å². The van der Waals surface area contributed by atoms with Gasteiger partial charge in [-0.3, -0.25) is 0 Å². The summed E-state index contributed by atoms with van der Waals surface area (Å²) in [5.41, 5.74) is 0.937. The summed E-state index contributed by atoms with van der Waals surface area (Å²) in [6.45, 7) is 2.09. The molecule has 0 N–H and O–H groups in total. The minimum atomic E-state index is -0.227. The molecule has 0 aliphatic rings. The Morgan fingerprint density at radius 1 is 1.47 bits per heavy atom. The highest BCUT2D eigenvalue weighted by molar-refractivity contribution is 14.1. The van der Waals surface area contributed by atoms with Crippen LogP contribution in [0, 0.1) is 9.39 Å². The van der Waals surface area contributed by atoms with Crippen molar-refractivity contribution in [3.8, 4) is 10.6 Å². The molecule has 1 heterocycles. The molecule has 0 spiro atoms. The first-order valence-corrected chi connectivity index (χ1v) is 7.85. The van der Waals surface area contributed by atoms with Crippen LogP contribution in [-0.4, -0.2) is 10.2 Å². The van der Waals surface area contributed by atoms with E-state index in [-0.39, 0.29) is 10.6 Å². The van der Waals surface area contributed by atoms with Crippen LogP contribution in [0.25, 0.3) is 10.6 Å². The van der Waals surface area contributed by atoms with Gasteiger partial charge in [-0.1, -0.05) is 34.2 Å². The first-order chi connectivity index (χ1) is 8.11. The summed E-state index contributed by atoms with van der Waals surface area (Å²) in [5.74, 6) is -0.227. The Hall–Kier alpha value is -0.0800. The molecule has 1 aromatic carbocycles. The van der Waals surface area contributed by atoms with Gasteiger partial charge >= 0.3 is 0 Å². The van der Waals surface area contributed by atoms with E-state index in [1.54, 1.807) is 17.4 Å². The molecule has 1 unspecified atom stereocenters. The fourth-order valence-corrected chi connectivity index (χ4v) is 3.54. The highest BCUT2D eigenvalue weighted by atomic mass is 127. The van der Waals surface area contributed by atoms with Crippen molar-refractivity contribution in [2.75, 3.05) is 0 Å². The number of hydrogen-bond donors (Lipinski definition) is 0. The van der Waals surface area contributed by atoms with Crippen molar-refractivity contribution in [1.29, 1.82) is 0 Å². The van der Waals surface area contributed by atoms with Crippen molar-refractivity contribution in [3.63, 3.8) is 0 Å². The Morgan fingerprint density at radius 2 is 2.24 bits per heavy atom. The molecule has 2 rings (SSSR count). The number of alkyl halides is 1.